The lowest BCUT2D eigenvalue weighted by atomic mass is 9.74. The molecule has 1 aliphatic heterocycles. The number of amides is 2. The number of aromatic nitrogens is 2. The van der Waals surface area contributed by atoms with Crippen molar-refractivity contribution < 1.29 is 22.8 Å². The van der Waals surface area contributed by atoms with Gasteiger partial charge in [0.2, 0.25) is 11.9 Å². The molecule has 1 atom stereocenters. The molecule has 2 aromatic rings. The second-order valence-corrected chi connectivity index (χ2v) is 6.95. The molecule has 6 nitrogen and oxygen atoms in total. The van der Waals surface area contributed by atoms with E-state index in [1.807, 2.05) is 6.92 Å². The molecule has 1 N–H and O–H groups in total. The number of halogens is 3. The van der Waals surface area contributed by atoms with Gasteiger partial charge in [0.05, 0.1) is 5.56 Å². The summed E-state index contributed by atoms with van der Waals surface area (Å²) in [5, 5.41) is 2.50. The van der Waals surface area contributed by atoms with Crippen molar-refractivity contribution in [3.63, 3.8) is 0 Å². The van der Waals surface area contributed by atoms with E-state index in [2.05, 4.69) is 15.3 Å². The van der Waals surface area contributed by atoms with E-state index in [1.54, 1.807) is 13.0 Å². The molecule has 148 valence electrons. The summed E-state index contributed by atoms with van der Waals surface area (Å²) in [4.78, 5) is 34.2. The van der Waals surface area contributed by atoms with Crippen molar-refractivity contribution in [1.29, 1.82) is 0 Å². The second-order valence-electron chi connectivity index (χ2n) is 6.95. The van der Waals surface area contributed by atoms with Crippen molar-refractivity contribution in [3.8, 4) is 0 Å². The van der Waals surface area contributed by atoms with E-state index in [0.29, 0.717) is 12.0 Å². The topological polar surface area (TPSA) is 75.2 Å². The number of rotatable bonds is 4. The molecular weight excluding hydrogens is 373 g/mol. The molecule has 0 saturated heterocycles. The van der Waals surface area contributed by atoms with Crippen LogP contribution in [0.3, 0.4) is 0 Å². The van der Waals surface area contributed by atoms with Gasteiger partial charge in [0, 0.05) is 29.9 Å². The van der Waals surface area contributed by atoms with Gasteiger partial charge in [-0.2, -0.15) is 13.2 Å². The first-order valence-corrected chi connectivity index (χ1v) is 8.72. The minimum absolute atomic E-state index is 0.116. The monoisotopic (exact) mass is 392 g/mol. The van der Waals surface area contributed by atoms with Crippen LogP contribution in [0.15, 0.2) is 36.7 Å². The predicted molar refractivity (Wildman–Crippen MR) is 95.7 cm³/mol. The lowest BCUT2D eigenvalue weighted by Crippen LogP contribution is -2.50. The molecule has 1 aromatic heterocycles. The number of carbonyl (C=O) groups excluding carboxylic acids is 2. The van der Waals surface area contributed by atoms with Crippen LogP contribution in [0.5, 0.6) is 0 Å². The maximum absolute atomic E-state index is 13.1. The van der Waals surface area contributed by atoms with E-state index in [4.69, 9.17) is 0 Å². The highest BCUT2D eigenvalue weighted by molar-refractivity contribution is 6.01. The molecule has 0 radical (unpaired) electrons. The number of hydrogen-bond donors (Lipinski definition) is 1. The Morgan fingerprint density at radius 2 is 1.96 bits per heavy atom. The van der Waals surface area contributed by atoms with Gasteiger partial charge < -0.3 is 4.90 Å². The fourth-order valence-corrected chi connectivity index (χ4v) is 3.29. The van der Waals surface area contributed by atoms with Crippen molar-refractivity contribution >= 4 is 17.8 Å². The number of benzene rings is 1. The Balaban J connectivity index is 1.87. The van der Waals surface area contributed by atoms with E-state index in [1.165, 1.54) is 23.4 Å². The van der Waals surface area contributed by atoms with E-state index in [9.17, 15) is 22.8 Å². The van der Waals surface area contributed by atoms with Crippen molar-refractivity contribution in [1.82, 2.24) is 14.9 Å². The zero-order chi connectivity index (χ0) is 20.5. The van der Waals surface area contributed by atoms with E-state index in [0.717, 1.165) is 12.1 Å². The van der Waals surface area contributed by atoms with Gasteiger partial charge in [0.1, 0.15) is 6.54 Å². The van der Waals surface area contributed by atoms with Gasteiger partial charge in [0.15, 0.2) is 0 Å². The highest BCUT2D eigenvalue weighted by Gasteiger charge is 2.41. The van der Waals surface area contributed by atoms with Crippen molar-refractivity contribution in [2.45, 2.75) is 31.9 Å². The number of fused-ring (bicyclic) bond motifs is 1. The summed E-state index contributed by atoms with van der Waals surface area (Å²) >= 11 is 0. The fraction of sp³-hybridized carbons (Fsp3) is 0.368. The maximum atomic E-state index is 13.1. The summed E-state index contributed by atoms with van der Waals surface area (Å²) in [6, 6.07) is 4.74. The summed E-state index contributed by atoms with van der Waals surface area (Å²) in [6.07, 6.45) is -1.04. The number of hydrogen-bond acceptors (Lipinski definition) is 4. The van der Waals surface area contributed by atoms with E-state index >= 15 is 0 Å². The average molecular weight is 392 g/mol. The van der Waals surface area contributed by atoms with Crippen molar-refractivity contribution in [3.05, 3.63) is 53.3 Å². The van der Waals surface area contributed by atoms with Crippen LogP contribution >= 0.6 is 0 Å². The summed E-state index contributed by atoms with van der Waals surface area (Å²) < 4.78 is 39.3. The molecule has 0 aliphatic carbocycles. The van der Waals surface area contributed by atoms with Gasteiger partial charge in [-0.1, -0.05) is 13.8 Å². The van der Waals surface area contributed by atoms with Gasteiger partial charge in [-0.25, -0.2) is 9.97 Å². The number of carbonyl (C=O) groups is 2. The standard InChI is InChI=1S/C19H19F3N4O2/c1-3-18(2)11-26(10-15(27)25-17-23-7-4-8-24-17)16(28)13-6-5-12(9-14(13)18)19(20,21)22/h4-9H,3,10-11H2,1-2H3,(H,23,24,25,27)/t18-/m1/s1. The Kier molecular flexibility index (Phi) is 5.10. The first kappa shape index (κ1) is 19.8. The molecule has 2 amide bonds. The van der Waals surface area contributed by atoms with Crippen LogP contribution in [0, 0.1) is 0 Å². The normalized spacial score (nSPS) is 19.3. The number of alkyl halides is 3. The lowest BCUT2D eigenvalue weighted by molar-refractivity contribution is -0.137. The second kappa shape index (κ2) is 7.21. The molecule has 9 heteroatoms. The molecule has 0 bridgehead atoms. The van der Waals surface area contributed by atoms with Gasteiger partial charge >= 0.3 is 6.18 Å². The molecule has 2 heterocycles. The summed E-state index contributed by atoms with van der Waals surface area (Å²) in [5.74, 6) is -0.836. The van der Waals surface area contributed by atoms with Crippen molar-refractivity contribution in [2.75, 3.05) is 18.4 Å². The third-order valence-corrected chi connectivity index (χ3v) is 4.99. The van der Waals surface area contributed by atoms with Gasteiger partial charge in [-0.05, 0) is 36.2 Å². The molecule has 0 spiro atoms. The SMILES string of the molecule is CC[C@]1(C)CN(CC(=O)Nc2ncccn2)C(=O)c2ccc(C(F)(F)F)cc21. The Hall–Kier alpha value is -2.97. The van der Waals surface area contributed by atoms with Gasteiger partial charge in [-0.15, -0.1) is 0 Å². The van der Waals surface area contributed by atoms with Crippen LogP contribution in [-0.2, 0) is 16.4 Å². The van der Waals surface area contributed by atoms with E-state index < -0.39 is 29.0 Å². The largest absolute Gasteiger partial charge is 0.416 e. The molecule has 0 saturated carbocycles. The number of anilines is 1. The fourth-order valence-electron chi connectivity index (χ4n) is 3.29. The van der Waals surface area contributed by atoms with Gasteiger partial charge in [0.25, 0.3) is 5.91 Å². The molecular formula is C19H19F3N4O2. The molecule has 0 fully saturated rings. The van der Waals surface area contributed by atoms with Gasteiger partial charge in [-0.3, -0.25) is 14.9 Å². The predicted octanol–water partition coefficient (Wildman–Crippen LogP) is 3.26. The van der Waals surface area contributed by atoms with E-state index in [-0.39, 0.29) is 24.6 Å². The highest BCUT2D eigenvalue weighted by Crippen LogP contribution is 2.39. The van der Waals surface area contributed by atoms with Crippen LogP contribution in [0.2, 0.25) is 0 Å². The Labute approximate surface area is 159 Å². The Morgan fingerprint density at radius 1 is 1.29 bits per heavy atom. The lowest BCUT2D eigenvalue weighted by Gasteiger charge is -2.41. The minimum atomic E-state index is -4.49. The number of nitrogens with one attached hydrogen (secondary N) is 1. The third-order valence-electron chi connectivity index (χ3n) is 4.99. The third kappa shape index (κ3) is 3.83. The molecule has 28 heavy (non-hydrogen) atoms. The average Bonchev–Trinajstić information content (AvgIpc) is 2.65. The van der Waals surface area contributed by atoms with Crippen LogP contribution in [0.1, 0.15) is 41.8 Å². The summed E-state index contributed by atoms with van der Waals surface area (Å²) in [5.41, 5.74) is -0.940. The van der Waals surface area contributed by atoms with Crippen LogP contribution in [0.25, 0.3) is 0 Å². The van der Waals surface area contributed by atoms with Crippen LogP contribution in [-0.4, -0.2) is 39.8 Å². The smallest absolute Gasteiger partial charge is 0.328 e. The maximum Gasteiger partial charge on any atom is 0.416 e. The molecule has 3 rings (SSSR count). The Bertz CT molecular complexity index is 902. The van der Waals surface area contributed by atoms with Crippen LogP contribution < -0.4 is 5.32 Å². The van der Waals surface area contributed by atoms with Crippen molar-refractivity contribution in [2.24, 2.45) is 0 Å². The summed E-state index contributed by atoms with van der Waals surface area (Å²) in [7, 11) is 0. The zero-order valence-corrected chi connectivity index (χ0v) is 15.4. The first-order valence-electron chi connectivity index (χ1n) is 8.72. The zero-order valence-electron chi connectivity index (χ0n) is 15.4. The highest BCUT2D eigenvalue weighted by atomic mass is 19.4. The Morgan fingerprint density at radius 3 is 2.57 bits per heavy atom. The number of nitrogens with zero attached hydrogens (tertiary/aromatic N) is 3. The first-order chi connectivity index (χ1) is 13.1. The minimum Gasteiger partial charge on any atom is -0.328 e. The quantitative estimate of drug-likeness (QED) is 0.867. The van der Waals surface area contributed by atoms with Crippen LogP contribution in [0.4, 0.5) is 19.1 Å². The summed E-state index contributed by atoms with van der Waals surface area (Å²) in [6.45, 7) is 3.53. The molecule has 0 unspecified atom stereocenters. The molecule has 1 aromatic carbocycles. The molecule has 1 aliphatic rings.